The normalized spacial score (nSPS) is 17.1. The molecular weight excluding hydrogens is 399 g/mol. The molecule has 0 aliphatic carbocycles. The van der Waals surface area contributed by atoms with Gasteiger partial charge in [0.15, 0.2) is 10.9 Å². The molecule has 1 atom stereocenters. The average molecular weight is 419 g/mol. The fourth-order valence-corrected chi connectivity index (χ4v) is 3.91. The van der Waals surface area contributed by atoms with Crippen LogP contribution in [-0.2, 0) is 0 Å². The topological polar surface area (TPSA) is 32.3 Å². The summed E-state index contributed by atoms with van der Waals surface area (Å²) in [5, 5.41) is 4.85. The summed E-state index contributed by atoms with van der Waals surface area (Å²) in [7, 11) is 0. The Morgan fingerprint density at radius 3 is 2.48 bits per heavy atom. The van der Waals surface area contributed by atoms with Gasteiger partial charge >= 0.3 is 0 Å². The summed E-state index contributed by atoms with van der Waals surface area (Å²) in [5.74, 6) is -0.0275. The van der Waals surface area contributed by atoms with Crippen molar-refractivity contribution in [3.8, 4) is 0 Å². The molecule has 1 N–H and O–H groups in total. The van der Waals surface area contributed by atoms with Crippen LogP contribution in [0.1, 0.15) is 42.2 Å². The first-order valence-corrected chi connectivity index (χ1v) is 9.94. The Hall–Kier alpha value is -1.88. The maximum atomic E-state index is 13.4. The van der Waals surface area contributed by atoms with Crippen LogP contribution in [0.5, 0.6) is 0 Å². The van der Waals surface area contributed by atoms with Gasteiger partial charge in [0.2, 0.25) is 0 Å². The van der Waals surface area contributed by atoms with E-state index in [-0.39, 0.29) is 11.8 Å². The average Bonchev–Trinajstić information content (AvgIpc) is 2.67. The van der Waals surface area contributed by atoms with Crippen LogP contribution in [0.4, 0.5) is 0 Å². The molecule has 1 aliphatic heterocycles. The second-order valence-electron chi connectivity index (χ2n) is 6.40. The van der Waals surface area contributed by atoms with Crippen molar-refractivity contribution in [3.05, 3.63) is 81.0 Å². The van der Waals surface area contributed by atoms with E-state index in [2.05, 4.69) is 12.2 Å². The summed E-state index contributed by atoms with van der Waals surface area (Å²) in [6.45, 7) is 4.78. The van der Waals surface area contributed by atoms with Crippen LogP contribution in [0.3, 0.4) is 0 Å². The first-order chi connectivity index (χ1) is 12.9. The molecule has 0 bridgehead atoms. The molecule has 0 aromatic heterocycles. The van der Waals surface area contributed by atoms with Crippen molar-refractivity contribution in [2.45, 2.75) is 26.3 Å². The number of carbonyl (C=O) groups is 1. The molecule has 3 nitrogen and oxygen atoms in total. The molecule has 2 aromatic carbocycles. The minimum absolute atomic E-state index is 0.0275. The Kier molecular flexibility index (Phi) is 6.20. The highest BCUT2D eigenvalue weighted by Gasteiger charge is 2.34. The standard InChI is InChI=1S/C21H20Cl2N2OS/c1-3-11-25-13(2)18(20(26)14-7-5-4-6-8-14)19(24-21(25)27)15-9-10-16(22)17(23)12-15/h4-10,12,19H,3,11H2,1-2H3,(H,24,27). The lowest BCUT2D eigenvalue weighted by molar-refractivity contribution is 0.102. The zero-order valence-corrected chi connectivity index (χ0v) is 17.5. The highest BCUT2D eigenvalue weighted by Crippen LogP contribution is 2.35. The number of nitrogens with zero attached hydrogens (tertiary/aromatic N) is 1. The molecule has 1 unspecified atom stereocenters. The fraction of sp³-hybridized carbons (Fsp3) is 0.238. The lowest BCUT2D eigenvalue weighted by Gasteiger charge is -2.38. The van der Waals surface area contributed by atoms with E-state index in [0.717, 1.165) is 24.2 Å². The van der Waals surface area contributed by atoms with Gasteiger partial charge in [0.25, 0.3) is 0 Å². The van der Waals surface area contributed by atoms with Crippen LogP contribution < -0.4 is 5.32 Å². The smallest absolute Gasteiger partial charge is 0.193 e. The van der Waals surface area contributed by atoms with Crippen molar-refractivity contribution in [2.75, 3.05) is 6.54 Å². The SMILES string of the molecule is CCCN1C(=S)NC(c2ccc(Cl)c(Cl)c2)C(C(=O)c2ccccc2)=C1C. The van der Waals surface area contributed by atoms with Crippen LogP contribution in [-0.4, -0.2) is 22.3 Å². The van der Waals surface area contributed by atoms with Crippen LogP contribution in [0.25, 0.3) is 0 Å². The molecular formula is C21H20Cl2N2OS. The maximum absolute atomic E-state index is 13.4. The Balaban J connectivity index is 2.14. The molecule has 1 aliphatic rings. The largest absolute Gasteiger partial charge is 0.351 e. The molecule has 0 spiro atoms. The minimum Gasteiger partial charge on any atom is -0.351 e. The fourth-order valence-electron chi connectivity index (χ4n) is 3.26. The second-order valence-corrected chi connectivity index (χ2v) is 7.60. The van der Waals surface area contributed by atoms with Gasteiger partial charge in [0.1, 0.15) is 0 Å². The van der Waals surface area contributed by atoms with Crippen molar-refractivity contribution < 1.29 is 4.79 Å². The number of thiocarbonyl (C=S) groups is 1. The predicted octanol–water partition coefficient (Wildman–Crippen LogP) is 5.79. The molecule has 2 aromatic rings. The van der Waals surface area contributed by atoms with E-state index in [1.165, 1.54) is 0 Å². The monoisotopic (exact) mass is 418 g/mol. The molecule has 0 saturated carbocycles. The number of nitrogens with one attached hydrogen (secondary N) is 1. The molecule has 0 fully saturated rings. The Bertz CT molecular complexity index is 912. The van der Waals surface area contributed by atoms with Crippen molar-refractivity contribution in [1.29, 1.82) is 0 Å². The number of ketones is 1. The molecule has 0 radical (unpaired) electrons. The third-order valence-corrected chi connectivity index (χ3v) is 5.68. The summed E-state index contributed by atoms with van der Waals surface area (Å²) < 4.78 is 0. The third-order valence-electron chi connectivity index (χ3n) is 4.60. The number of Topliss-reactive ketones (excluding diaryl/α,β-unsaturated/α-hetero) is 1. The summed E-state index contributed by atoms with van der Waals surface area (Å²) in [4.78, 5) is 15.4. The Morgan fingerprint density at radius 2 is 1.85 bits per heavy atom. The third kappa shape index (κ3) is 4.03. The number of carbonyl (C=O) groups excluding carboxylic acids is 1. The number of hydrogen-bond donors (Lipinski definition) is 1. The Labute approximate surface area is 175 Å². The molecule has 6 heteroatoms. The van der Waals surface area contributed by atoms with Gasteiger partial charge in [-0.3, -0.25) is 4.79 Å². The molecule has 1 heterocycles. The number of hydrogen-bond acceptors (Lipinski definition) is 2. The van der Waals surface area contributed by atoms with Gasteiger partial charge in [-0.15, -0.1) is 0 Å². The lowest BCUT2D eigenvalue weighted by atomic mass is 9.89. The van der Waals surface area contributed by atoms with Crippen LogP contribution in [0, 0.1) is 0 Å². The number of rotatable bonds is 5. The van der Waals surface area contributed by atoms with E-state index >= 15 is 0 Å². The van der Waals surface area contributed by atoms with E-state index in [9.17, 15) is 4.79 Å². The van der Waals surface area contributed by atoms with Gasteiger partial charge < -0.3 is 10.2 Å². The highest BCUT2D eigenvalue weighted by atomic mass is 35.5. The van der Waals surface area contributed by atoms with Crippen LogP contribution in [0.2, 0.25) is 10.0 Å². The van der Waals surface area contributed by atoms with Gasteiger partial charge in [-0.2, -0.15) is 0 Å². The zero-order valence-electron chi connectivity index (χ0n) is 15.1. The van der Waals surface area contributed by atoms with Crippen LogP contribution in [0.15, 0.2) is 59.8 Å². The molecule has 0 saturated heterocycles. The maximum Gasteiger partial charge on any atom is 0.193 e. The quantitative estimate of drug-likeness (QED) is 0.491. The van der Waals surface area contributed by atoms with Crippen LogP contribution >= 0.6 is 35.4 Å². The zero-order chi connectivity index (χ0) is 19.6. The van der Waals surface area contributed by atoms with Gasteiger partial charge in [-0.05, 0) is 43.3 Å². The van der Waals surface area contributed by atoms with Crippen molar-refractivity contribution in [1.82, 2.24) is 10.2 Å². The molecule has 3 rings (SSSR count). The first-order valence-electron chi connectivity index (χ1n) is 8.77. The van der Waals surface area contributed by atoms with E-state index in [4.69, 9.17) is 35.4 Å². The second kappa shape index (κ2) is 8.42. The van der Waals surface area contributed by atoms with Gasteiger partial charge in [0.05, 0.1) is 16.1 Å². The molecule has 0 amide bonds. The highest BCUT2D eigenvalue weighted by molar-refractivity contribution is 7.80. The van der Waals surface area contributed by atoms with E-state index in [1.807, 2.05) is 48.2 Å². The molecule has 140 valence electrons. The predicted molar refractivity (Wildman–Crippen MR) is 115 cm³/mol. The number of allylic oxidation sites excluding steroid dienone is 1. The van der Waals surface area contributed by atoms with Gasteiger partial charge in [-0.1, -0.05) is 66.5 Å². The van der Waals surface area contributed by atoms with E-state index in [0.29, 0.717) is 26.3 Å². The Morgan fingerprint density at radius 1 is 1.15 bits per heavy atom. The van der Waals surface area contributed by atoms with Gasteiger partial charge in [0, 0.05) is 23.4 Å². The van der Waals surface area contributed by atoms with Gasteiger partial charge in [-0.25, -0.2) is 0 Å². The summed E-state index contributed by atoms with van der Waals surface area (Å²) >= 11 is 17.9. The van der Waals surface area contributed by atoms with E-state index < -0.39 is 0 Å². The summed E-state index contributed by atoms with van der Waals surface area (Å²) in [6, 6.07) is 14.3. The van der Waals surface area contributed by atoms with E-state index in [1.54, 1.807) is 12.1 Å². The van der Waals surface area contributed by atoms with Crippen molar-refractivity contribution in [3.63, 3.8) is 0 Å². The summed E-state index contributed by atoms with van der Waals surface area (Å²) in [5.41, 5.74) is 3.02. The number of halogens is 2. The number of benzene rings is 2. The minimum atomic E-state index is -0.381. The summed E-state index contributed by atoms with van der Waals surface area (Å²) in [6.07, 6.45) is 0.920. The first kappa shape index (κ1) is 19.9. The lowest BCUT2D eigenvalue weighted by Crippen LogP contribution is -2.47. The molecule has 27 heavy (non-hydrogen) atoms. The van der Waals surface area contributed by atoms with Crippen molar-refractivity contribution >= 4 is 46.3 Å². The van der Waals surface area contributed by atoms with Crippen molar-refractivity contribution in [2.24, 2.45) is 0 Å².